The largest absolute Gasteiger partial charge is 0.477 e. The number of carboxylic acid groups (broad SMARTS) is 1. The van der Waals surface area contributed by atoms with E-state index in [2.05, 4.69) is 22.0 Å². The van der Waals surface area contributed by atoms with Crippen LogP contribution in [0.25, 0.3) is 22.6 Å². The molecule has 1 aliphatic rings. The van der Waals surface area contributed by atoms with Gasteiger partial charge in [0.1, 0.15) is 5.56 Å². The number of carboxylic acids is 1. The van der Waals surface area contributed by atoms with Crippen LogP contribution >= 0.6 is 0 Å². The molecular weight excluding hydrogens is 456 g/mol. The maximum Gasteiger partial charge on any atom is 0.341 e. The van der Waals surface area contributed by atoms with E-state index in [1.807, 2.05) is 54.9 Å². The fourth-order valence-electron chi connectivity index (χ4n) is 4.90. The Kier molecular flexibility index (Phi) is 6.30. The Morgan fingerprint density at radius 1 is 1.08 bits per heavy atom. The van der Waals surface area contributed by atoms with Gasteiger partial charge in [-0.1, -0.05) is 19.1 Å². The second-order valence-electron chi connectivity index (χ2n) is 9.89. The average molecular weight is 487 g/mol. The molecule has 1 saturated carbocycles. The van der Waals surface area contributed by atoms with Crippen LogP contribution in [0.1, 0.15) is 56.8 Å². The van der Waals surface area contributed by atoms with Crippen molar-refractivity contribution in [1.82, 2.24) is 24.1 Å². The Balaban J connectivity index is 1.46. The SMILES string of the molecule is CC(C)N(c1nn(-c2ccc(-c3cn4ccncc4n3)cc2)cc1C(=O)O)C(=O)[C@H]1CC[C@H](C)CC1. The molecule has 3 heterocycles. The minimum atomic E-state index is -1.11. The molecular formula is C27H30N6O3. The fourth-order valence-corrected chi connectivity index (χ4v) is 4.90. The Bertz CT molecular complexity index is 1360. The van der Waals surface area contributed by atoms with E-state index < -0.39 is 5.97 Å². The lowest BCUT2D eigenvalue weighted by Gasteiger charge is -2.32. The Morgan fingerprint density at radius 2 is 1.81 bits per heavy atom. The topological polar surface area (TPSA) is 106 Å². The van der Waals surface area contributed by atoms with Crippen LogP contribution in [-0.4, -0.2) is 47.2 Å². The first-order valence-corrected chi connectivity index (χ1v) is 12.4. The van der Waals surface area contributed by atoms with Gasteiger partial charge in [0.2, 0.25) is 5.91 Å². The first-order valence-electron chi connectivity index (χ1n) is 12.4. The normalized spacial score (nSPS) is 18.0. The number of amides is 1. The summed E-state index contributed by atoms with van der Waals surface area (Å²) >= 11 is 0. The van der Waals surface area contributed by atoms with Crippen LogP contribution in [0.15, 0.2) is 55.2 Å². The van der Waals surface area contributed by atoms with Crippen molar-refractivity contribution in [1.29, 1.82) is 0 Å². The van der Waals surface area contributed by atoms with Crippen molar-refractivity contribution in [2.45, 2.75) is 52.5 Å². The third-order valence-corrected chi connectivity index (χ3v) is 6.96. The number of aromatic nitrogens is 5. The number of nitrogens with zero attached hydrogens (tertiary/aromatic N) is 6. The molecule has 0 aliphatic heterocycles. The van der Waals surface area contributed by atoms with Crippen molar-refractivity contribution in [3.05, 3.63) is 60.8 Å². The monoisotopic (exact) mass is 486 g/mol. The fraction of sp³-hybridized carbons (Fsp3) is 0.370. The summed E-state index contributed by atoms with van der Waals surface area (Å²) in [6, 6.07) is 7.35. The number of fused-ring (bicyclic) bond motifs is 1. The van der Waals surface area contributed by atoms with Gasteiger partial charge in [0, 0.05) is 42.3 Å². The Hall–Kier alpha value is -4.01. The highest BCUT2D eigenvalue weighted by atomic mass is 16.4. The number of hydrogen-bond acceptors (Lipinski definition) is 5. The summed E-state index contributed by atoms with van der Waals surface area (Å²) in [6.07, 6.45) is 12.3. The van der Waals surface area contributed by atoms with Crippen LogP contribution in [0.2, 0.25) is 0 Å². The zero-order chi connectivity index (χ0) is 25.4. The van der Waals surface area contributed by atoms with E-state index in [0.717, 1.165) is 42.6 Å². The predicted molar refractivity (Wildman–Crippen MR) is 136 cm³/mol. The van der Waals surface area contributed by atoms with Crippen LogP contribution in [0, 0.1) is 11.8 Å². The zero-order valence-corrected chi connectivity index (χ0v) is 20.7. The second kappa shape index (κ2) is 9.56. The van der Waals surface area contributed by atoms with Crippen molar-refractivity contribution < 1.29 is 14.7 Å². The van der Waals surface area contributed by atoms with E-state index in [4.69, 9.17) is 0 Å². The highest BCUT2D eigenvalue weighted by Crippen LogP contribution is 2.33. The zero-order valence-electron chi connectivity index (χ0n) is 20.7. The van der Waals surface area contributed by atoms with Gasteiger partial charge >= 0.3 is 5.97 Å². The number of benzene rings is 1. The third-order valence-electron chi connectivity index (χ3n) is 6.96. The smallest absolute Gasteiger partial charge is 0.341 e. The molecule has 1 fully saturated rings. The minimum absolute atomic E-state index is 0.0122. The molecule has 0 spiro atoms. The molecule has 1 aliphatic carbocycles. The summed E-state index contributed by atoms with van der Waals surface area (Å²) in [7, 11) is 0. The molecule has 1 aromatic carbocycles. The highest BCUT2D eigenvalue weighted by Gasteiger charge is 2.34. The maximum absolute atomic E-state index is 13.5. The molecule has 5 rings (SSSR count). The lowest BCUT2D eigenvalue weighted by atomic mass is 9.82. The van der Waals surface area contributed by atoms with E-state index in [0.29, 0.717) is 11.6 Å². The molecule has 9 nitrogen and oxygen atoms in total. The first-order chi connectivity index (χ1) is 17.3. The molecule has 186 valence electrons. The molecule has 0 atom stereocenters. The quantitative estimate of drug-likeness (QED) is 0.418. The molecule has 9 heteroatoms. The minimum Gasteiger partial charge on any atom is -0.477 e. The third kappa shape index (κ3) is 4.48. The van der Waals surface area contributed by atoms with Crippen molar-refractivity contribution in [3.63, 3.8) is 0 Å². The number of hydrogen-bond donors (Lipinski definition) is 1. The molecule has 36 heavy (non-hydrogen) atoms. The van der Waals surface area contributed by atoms with Crippen molar-refractivity contribution in [2.24, 2.45) is 11.8 Å². The van der Waals surface area contributed by atoms with Gasteiger partial charge in [0.25, 0.3) is 0 Å². The first kappa shape index (κ1) is 23.7. The Labute approximate surface area is 209 Å². The summed E-state index contributed by atoms with van der Waals surface area (Å²) in [6.45, 7) is 6.00. The van der Waals surface area contributed by atoms with Gasteiger partial charge < -0.3 is 9.51 Å². The van der Waals surface area contributed by atoms with Gasteiger partial charge in [-0.2, -0.15) is 0 Å². The Morgan fingerprint density at radius 3 is 2.44 bits per heavy atom. The molecule has 0 unspecified atom stereocenters. The molecule has 0 bridgehead atoms. The van der Waals surface area contributed by atoms with E-state index >= 15 is 0 Å². The number of anilines is 1. The van der Waals surface area contributed by atoms with Gasteiger partial charge in [0.05, 0.1) is 17.6 Å². The average Bonchev–Trinajstić information content (AvgIpc) is 3.49. The number of rotatable bonds is 6. The van der Waals surface area contributed by atoms with Gasteiger partial charge in [-0.05, 0) is 57.6 Å². The predicted octanol–water partition coefficient (Wildman–Crippen LogP) is 4.85. The van der Waals surface area contributed by atoms with Crippen LogP contribution in [0.4, 0.5) is 5.82 Å². The number of imidazole rings is 1. The van der Waals surface area contributed by atoms with E-state index in [-0.39, 0.29) is 29.2 Å². The second-order valence-corrected chi connectivity index (χ2v) is 9.89. The van der Waals surface area contributed by atoms with Crippen molar-refractivity contribution >= 4 is 23.3 Å². The van der Waals surface area contributed by atoms with Crippen molar-refractivity contribution in [2.75, 3.05) is 4.90 Å². The molecule has 3 aromatic heterocycles. The lowest BCUT2D eigenvalue weighted by Crippen LogP contribution is -2.43. The summed E-state index contributed by atoms with van der Waals surface area (Å²) in [5.74, 6) is -0.438. The van der Waals surface area contributed by atoms with E-state index in [9.17, 15) is 14.7 Å². The van der Waals surface area contributed by atoms with Crippen LogP contribution in [-0.2, 0) is 4.79 Å². The molecule has 1 N–H and O–H groups in total. The van der Waals surface area contributed by atoms with Gasteiger partial charge in [0.15, 0.2) is 11.5 Å². The van der Waals surface area contributed by atoms with E-state index in [1.165, 1.54) is 10.9 Å². The lowest BCUT2D eigenvalue weighted by molar-refractivity contribution is -0.124. The van der Waals surface area contributed by atoms with Crippen molar-refractivity contribution in [3.8, 4) is 16.9 Å². The van der Waals surface area contributed by atoms with Crippen LogP contribution in [0.5, 0.6) is 0 Å². The summed E-state index contributed by atoms with van der Waals surface area (Å²) in [4.78, 5) is 35.9. The number of aromatic carboxylic acids is 1. The summed E-state index contributed by atoms with van der Waals surface area (Å²) < 4.78 is 3.43. The van der Waals surface area contributed by atoms with Gasteiger partial charge in [-0.3, -0.25) is 14.7 Å². The van der Waals surface area contributed by atoms with E-state index in [1.54, 1.807) is 17.3 Å². The maximum atomic E-state index is 13.5. The number of carbonyl (C=O) groups excluding carboxylic acids is 1. The molecule has 4 aromatic rings. The summed E-state index contributed by atoms with van der Waals surface area (Å²) in [5.41, 5.74) is 3.18. The highest BCUT2D eigenvalue weighted by molar-refractivity contribution is 6.01. The standard InChI is InChI=1S/C27H30N6O3/c1-17(2)33(26(34)20-6-4-18(3)5-7-20)25-22(27(35)36)15-32(30-25)21-10-8-19(9-11-21)23-16-31-13-12-28-14-24(31)29-23/h8-18,20H,4-7H2,1-3H3,(H,35,36)/t18-,20-. The number of carbonyl (C=O) groups is 2. The van der Waals surface area contributed by atoms with Crippen LogP contribution in [0.3, 0.4) is 0 Å². The summed E-state index contributed by atoms with van der Waals surface area (Å²) in [5, 5.41) is 14.5. The van der Waals surface area contributed by atoms with Crippen LogP contribution < -0.4 is 4.90 Å². The molecule has 0 saturated heterocycles. The molecule has 1 amide bonds. The van der Waals surface area contributed by atoms with Gasteiger partial charge in [-0.15, -0.1) is 5.10 Å². The van der Waals surface area contributed by atoms with Gasteiger partial charge in [-0.25, -0.2) is 14.5 Å². The molecule has 0 radical (unpaired) electrons.